The molecule has 2 aromatic rings. The molecule has 2 N–H and O–H groups in total. The largest absolute Gasteiger partial charge is 0.493 e. The molecule has 3 fully saturated rings. The quantitative estimate of drug-likeness (QED) is 0.630. The standard InChI is InChI=1S/C29H37N5O3/c1-3-33-12-10-21(17-33)31-28(35)20-5-9-26(30-16-20)34-23-6-7-24(34)15-22(14-23)32-29(36)25-8-4-19-11-13-37-27(19)18(25)2/h4-5,8-9,16,21-24H,3,6-7,10-15,17H2,1-2H3,(H,31,35)(H,32,36)/t21-,22-,23+,24-/m0/s1. The number of benzene rings is 1. The zero-order chi connectivity index (χ0) is 25.5. The maximum atomic E-state index is 13.1. The van der Waals surface area contributed by atoms with Crippen LogP contribution in [0.4, 0.5) is 5.82 Å². The summed E-state index contributed by atoms with van der Waals surface area (Å²) >= 11 is 0. The first-order valence-corrected chi connectivity index (χ1v) is 13.8. The van der Waals surface area contributed by atoms with Crippen LogP contribution in [-0.2, 0) is 6.42 Å². The third-order valence-corrected chi connectivity index (χ3v) is 8.75. The van der Waals surface area contributed by atoms with Gasteiger partial charge in [-0.2, -0.15) is 0 Å². The third kappa shape index (κ3) is 4.67. The van der Waals surface area contributed by atoms with Crippen molar-refractivity contribution in [2.75, 3.05) is 31.1 Å². The number of carbonyl (C=O) groups excluding carboxylic acids is 2. The van der Waals surface area contributed by atoms with Gasteiger partial charge in [-0.05, 0) is 69.3 Å². The first-order valence-electron chi connectivity index (χ1n) is 13.8. The number of hydrogen-bond acceptors (Lipinski definition) is 6. The van der Waals surface area contributed by atoms with Gasteiger partial charge in [-0.15, -0.1) is 0 Å². The van der Waals surface area contributed by atoms with E-state index in [1.54, 1.807) is 6.20 Å². The van der Waals surface area contributed by atoms with Crippen LogP contribution in [0, 0.1) is 6.92 Å². The van der Waals surface area contributed by atoms with Gasteiger partial charge in [-0.1, -0.05) is 13.0 Å². The van der Waals surface area contributed by atoms with E-state index < -0.39 is 0 Å². The van der Waals surface area contributed by atoms with Gasteiger partial charge in [-0.3, -0.25) is 9.59 Å². The first kappa shape index (κ1) is 24.2. The highest BCUT2D eigenvalue weighted by Crippen LogP contribution is 2.39. The van der Waals surface area contributed by atoms with E-state index >= 15 is 0 Å². The molecule has 0 saturated carbocycles. The van der Waals surface area contributed by atoms with Crippen molar-refractivity contribution < 1.29 is 14.3 Å². The Balaban J connectivity index is 1.07. The number of anilines is 1. The number of piperidine rings is 1. The Morgan fingerprint density at radius 2 is 1.81 bits per heavy atom. The second-order valence-corrected chi connectivity index (χ2v) is 11.0. The first-order chi connectivity index (χ1) is 18.0. The van der Waals surface area contributed by atoms with Gasteiger partial charge in [0.2, 0.25) is 0 Å². The van der Waals surface area contributed by atoms with E-state index in [1.165, 1.54) is 5.56 Å². The van der Waals surface area contributed by atoms with Gasteiger partial charge in [-0.25, -0.2) is 4.98 Å². The van der Waals surface area contributed by atoms with Crippen molar-refractivity contribution in [3.8, 4) is 5.75 Å². The molecule has 3 saturated heterocycles. The molecule has 6 rings (SSSR count). The van der Waals surface area contributed by atoms with Crippen LogP contribution in [0.5, 0.6) is 5.75 Å². The van der Waals surface area contributed by atoms with Gasteiger partial charge in [0.15, 0.2) is 0 Å². The predicted molar refractivity (Wildman–Crippen MR) is 142 cm³/mol. The van der Waals surface area contributed by atoms with Crippen LogP contribution in [0.1, 0.15) is 70.9 Å². The smallest absolute Gasteiger partial charge is 0.253 e. The molecule has 0 radical (unpaired) electrons. The maximum absolute atomic E-state index is 13.1. The minimum atomic E-state index is -0.0429. The zero-order valence-electron chi connectivity index (χ0n) is 21.8. The van der Waals surface area contributed by atoms with E-state index in [-0.39, 0.29) is 23.9 Å². The highest BCUT2D eigenvalue weighted by molar-refractivity contribution is 5.97. The molecular weight excluding hydrogens is 466 g/mol. The molecule has 196 valence electrons. The van der Waals surface area contributed by atoms with Crippen molar-refractivity contribution >= 4 is 17.6 Å². The lowest BCUT2D eigenvalue weighted by Gasteiger charge is -2.40. The molecule has 37 heavy (non-hydrogen) atoms. The van der Waals surface area contributed by atoms with E-state index in [9.17, 15) is 9.59 Å². The van der Waals surface area contributed by atoms with Crippen LogP contribution >= 0.6 is 0 Å². The number of fused-ring (bicyclic) bond motifs is 3. The number of rotatable bonds is 6. The summed E-state index contributed by atoms with van der Waals surface area (Å²) in [5, 5.41) is 6.47. The fourth-order valence-electron chi connectivity index (χ4n) is 6.77. The fraction of sp³-hybridized carbons (Fsp3) is 0.552. The Labute approximate surface area is 218 Å². The van der Waals surface area contributed by atoms with E-state index in [1.807, 2.05) is 31.2 Å². The van der Waals surface area contributed by atoms with Crippen LogP contribution in [0.15, 0.2) is 30.5 Å². The Morgan fingerprint density at radius 3 is 2.51 bits per heavy atom. The van der Waals surface area contributed by atoms with Crippen LogP contribution in [0.2, 0.25) is 0 Å². The normalized spacial score (nSPS) is 26.6. The van der Waals surface area contributed by atoms with Gasteiger partial charge < -0.3 is 25.2 Å². The number of likely N-dealkylation sites (tertiary alicyclic amines) is 1. The minimum absolute atomic E-state index is 0.00791. The topological polar surface area (TPSA) is 86.8 Å². The van der Waals surface area contributed by atoms with Crippen molar-refractivity contribution in [3.63, 3.8) is 0 Å². The summed E-state index contributed by atoms with van der Waals surface area (Å²) in [5.41, 5.74) is 3.46. The molecule has 2 bridgehead atoms. The molecule has 1 aromatic carbocycles. The maximum Gasteiger partial charge on any atom is 0.253 e. The van der Waals surface area contributed by atoms with Gasteiger partial charge >= 0.3 is 0 Å². The lowest BCUT2D eigenvalue weighted by molar-refractivity contribution is 0.0922. The molecule has 8 heteroatoms. The van der Waals surface area contributed by atoms with Gasteiger partial charge in [0.25, 0.3) is 11.8 Å². The summed E-state index contributed by atoms with van der Waals surface area (Å²) in [6, 6.07) is 8.91. The number of nitrogens with one attached hydrogen (secondary N) is 2. The van der Waals surface area contributed by atoms with Gasteiger partial charge in [0.05, 0.1) is 12.2 Å². The number of hydrogen-bond donors (Lipinski definition) is 2. The van der Waals surface area contributed by atoms with Crippen molar-refractivity contribution in [1.29, 1.82) is 0 Å². The Bertz CT molecular complexity index is 1170. The number of pyridine rings is 1. The van der Waals surface area contributed by atoms with Gasteiger partial charge in [0, 0.05) is 61.0 Å². The van der Waals surface area contributed by atoms with E-state index in [0.29, 0.717) is 29.8 Å². The number of carbonyl (C=O) groups is 2. The molecule has 2 amide bonds. The molecule has 1 aromatic heterocycles. The molecule has 4 atom stereocenters. The second-order valence-electron chi connectivity index (χ2n) is 11.0. The monoisotopic (exact) mass is 503 g/mol. The molecule has 4 aliphatic rings. The molecule has 4 aliphatic heterocycles. The second kappa shape index (κ2) is 9.97. The molecule has 0 aliphatic carbocycles. The Hall–Kier alpha value is -3.13. The zero-order valence-corrected chi connectivity index (χ0v) is 21.8. The molecule has 0 spiro atoms. The van der Waals surface area contributed by atoms with Crippen LogP contribution in [-0.4, -0.2) is 72.1 Å². The number of likely N-dealkylation sites (N-methyl/N-ethyl adjacent to an activating group) is 1. The molecular formula is C29H37N5O3. The summed E-state index contributed by atoms with van der Waals surface area (Å²) in [4.78, 5) is 35.4. The average Bonchev–Trinajstić information content (AvgIpc) is 3.62. The Kier molecular flexibility index (Phi) is 6.53. The van der Waals surface area contributed by atoms with E-state index in [2.05, 4.69) is 27.4 Å². The van der Waals surface area contributed by atoms with E-state index in [0.717, 1.165) is 75.3 Å². The lowest BCUT2D eigenvalue weighted by Crippen LogP contribution is -2.50. The van der Waals surface area contributed by atoms with Crippen molar-refractivity contribution in [2.45, 2.75) is 76.5 Å². The summed E-state index contributed by atoms with van der Waals surface area (Å²) in [6.45, 7) is 7.81. The Morgan fingerprint density at radius 1 is 1.03 bits per heavy atom. The van der Waals surface area contributed by atoms with Crippen LogP contribution in [0.3, 0.4) is 0 Å². The van der Waals surface area contributed by atoms with Crippen molar-refractivity contribution in [1.82, 2.24) is 20.5 Å². The van der Waals surface area contributed by atoms with Crippen LogP contribution < -0.4 is 20.3 Å². The minimum Gasteiger partial charge on any atom is -0.493 e. The van der Waals surface area contributed by atoms with Gasteiger partial charge in [0.1, 0.15) is 11.6 Å². The summed E-state index contributed by atoms with van der Waals surface area (Å²) in [5.74, 6) is 1.76. The highest BCUT2D eigenvalue weighted by Gasteiger charge is 2.42. The SMILES string of the molecule is CCN1CC[C@H](NC(=O)c2ccc(N3[C@@H]4CC[C@H]3C[C@@H](NC(=O)c3ccc5c(c3C)OCC5)C4)nc2)C1. The molecule has 0 unspecified atom stereocenters. The highest BCUT2D eigenvalue weighted by atomic mass is 16.5. The third-order valence-electron chi connectivity index (χ3n) is 8.75. The summed E-state index contributed by atoms with van der Waals surface area (Å²) in [6.07, 6.45) is 7.63. The number of amides is 2. The number of nitrogens with zero attached hydrogens (tertiary/aromatic N) is 3. The van der Waals surface area contributed by atoms with Crippen molar-refractivity contribution in [2.24, 2.45) is 0 Å². The molecule has 8 nitrogen and oxygen atoms in total. The van der Waals surface area contributed by atoms with Crippen molar-refractivity contribution in [3.05, 3.63) is 52.7 Å². The van der Waals surface area contributed by atoms with E-state index in [4.69, 9.17) is 9.72 Å². The van der Waals surface area contributed by atoms with Crippen LogP contribution in [0.25, 0.3) is 0 Å². The average molecular weight is 504 g/mol. The predicted octanol–water partition coefficient (Wildman–Crippen LogP) is 3.08. The lowest BCUT2D eigenvalue weighted by atomic mass is 9.96. The fourth-order valence-corrected chi connectivity index (χ4v) is 6.77. The number of ether oxygens (including phenoxy) is 1. The summed E-state index contributed by atoms with van der Waals surface area (Å²) < 4.78 is 5.76. The molecule has 5 heterocycles. The number of aromatic nitrogens is 1. The summed E-state index contributed by atoms with van der Waals surface area (Å²) in [7, 11) is 0.